The first kappa shape index (κ1) is 18.2. The van der Waals surface area contributed by atoms with E-state index >= 15 is 0 Å². The molecule has 2 atom stereocenters. The Balaban J connectivity index is 2.12. The van der Waals surface area contributed by atoms with Gasteiger partial charge >= 0.3 is 5.97 Å². The molecule has 2 aromatic carbocycles. The lowest BCUT2D eigenvalue weighted by Crippen LogP contribution is -2.46. The minimum absolute atomic E-state index is 0.229. The molecule has 2 aromatic rings. The van der Waals surface area contributed by atoms with E-state index in [0.29, 0.717) is 16.5 Å². The summed E-state index contributed by atoms with van der Waals surface area (Å²) < 4.78 is 0. The van der Waals surface area contributed by atoms with Crippen molar-refractivity contribution < 1.29 is 9.90 Å². The highest BCUT2D eigenvalue weighted by Gasteiger charge is 2.36. The van der Waals surface area contributed by atoms with Crippen LogP contribution in [0.25, 0.3) is 0 Å². The lowest BCUT2D eigenvalue weighted by Gasteiger charge is -2.40. The fourth-order valence-corrected chi connectivity index (χ4v) is 3.97. The molecule has 0 aliphatic carbocycles. The summed E-state index contributed by atoms with van der Waals surface area (Å²) in [6.45, 7) is 2.75. The minimum atomic E-state index is -0.782. The highest BCUT2D eigenvalue weighted by Crippen LogP contribution is 2.39. The van der Waals surface area contributed by atoms with Gasteiger partial charge in [-0.1, -0.05) is 71.6 Å². The van der Waals surface area contributed by atoms with Crippen LogP contribution in [0.5, 0.6) is 0 Å². The molecule has 3 rings (SSSR count). The van der Waals surface area contributed by atoms with Crippen molar-refractivity contribution in [1.29, 1.82) is 0 Å². The molecule has 1 saturated heterocycles. The fourth-order valence-electron chi connectivity index (χ4n) is 3.56. The van der Waals surface area contributed by atoms with E-state index in [0.717, 1.165) is 36.1 Å². The molecule has 25 heavy (non-hydrogen) atoms. The number of benzene rings is 2. The zero-order chi connectivity index (χ0) is 18.0. The van der Waals surface area contributed by atoms with Crippen LogP contribution in [0.3, 0.4) is 0 Å². The molecule has 1 N–H and O–H groups in total. The van der Waals surface area contributed by atoms with Crippen LogP contribution in [0.15, 0.2) is 42.5 Å². The Bertz CT molecular complexity index is 761. The maximum absolute atomic E-state index is 11.8. The van der Waals surface area contributed by atoms with Gasteiger partial charge in [-0.25, -0.2) is 0 Å². The lowest BCUT2D eigenvalue weighted by atomic mass is 9.91. The number of piperidine rings is 1. The van der Waals surface area contributed by atoms with Gasteiger partial charge in [-0.3, -0.25) is 9.69 Å². The molecule has 1 fully saturated rings. The maximum atomic E-state index is 11.8. The molecule has 0 spiro atoms. The van der Waals surface area contributed by atoms with Crippen molar-refractivity contribution in [2.24, 2.45) is 0 Å². The predicted molar refractivity (Wildman–Crippen MR) is 101 cm³/mol. The quantitative estimate of drug-likeness (QED) is 0.782. The van der Waals surface area contributed by atoms with Gasteiger partial charge in [-0.2, -0.15) is 0 Å². The summed E-state index contributed by atoms with van der Waals surface area (Å²) in [7, 11) is 0. The minimum Gasteiger partial charge on any atom is -0.480 e. The largest absolute Gasteiger partial charge is 0.480 e. The van der Waals surface area contributed by atoms with Crippen molar-refractivity contribution in [3.8, 4) is 0 Å². The monoisotopic (exact) mass is 377 g/mol. The Morgan fingerprint density at radius 2 is 1.88 bits per heavy atom. The van der Waals surface area contributed by atoms with E-state index in [4.69, 9.17) is 23.2 Å². The number of rotatable bonds is 4. The summed E-state index contributed by atoms with van der Waals surface area (Å²) in [5.74, 6) is -0.782. The van der Waals surface area contributed by atoms with Crippen LogP contribution in [-0.4, -0.2) is 28.6 Å². The first-order valence-corrected chi connectivity index (χ1v) is 9.23. The van der Waals surface area contributed by atoms with Crippen molar-refractivity contribution >= 4 is 29.2 Å². The van der Waals surface area contributed by atoms with Crippen LogP contribution < -0.4 is 0 Å². The van der Waals surface area contributed by atoms with Crippen molar-refractivity contribution in [1.82, 2.24) is 4.90 Å². The number of aliphatic carboxylic acids is 1. The number of carboxylic acids is 1. The van der Waals surface area contributed by atoms with E-state index in [-0.39, 0.29) is 6.04 Å². The summed E-state index contributed by atoms with van der Waals surface area (Å²) in [5, 5.41) is 10.7. The highest BCUT2D eigenvalue weighted by molar-refractivity contribution is 6.42. The normalized spacial score (nSPS) is 19.6. The molecule has 0 bridgehead atoms. The molecule has 2 unspecified atom stereocenters. The van der Waals surface area contributed by atoms with Gasteiger partial charge in [0.2, 0.25) is 0 Å². The number of hydrogen-bond acceptors (Lipinski definition) is 2. The molecule has 1 aliphatic rings. The van der Waals surface area contributed by atoms with Crippen molar-refractivity contribution in [3.63, 3.8) is 0 Å². The molecular weight excluding hydrogens is 357 g/mol. The Labute approximate surface area is 158 Å². The lowest BCUT2D eigenvalue weighted by molar-refractivity contribution is -0.145. The zero-order valence-corrected chi connectivity index (χ0v) is 15.6. The van der Waals surface area contributed by atoms with Gasteiger partial charge in [-0.05, 0) is 43.5 Å². The van der Waals surface area contributed by atoms with Crippen molar-refractivity contribution in [2.75, 3.05) is 6.54 Å². The predicted octanol–water partition coefficient (Wildman–Crippen LogP) is 5.33. The molecule has 0 saturated carbocycles. The van der Waals surface area contributed by atoms with Gasteiger partial charge in [0.1, 0.15) is 6.04 Å². The summed E-state index contributed by atoms with van der Waals surface area (Å²) in [5.41, 5.74) is 3.04. The number of halogens is 2. The van der Waals surface area contributed by atoms with Crippen LogP contribution in [-0.2, 0) is 4.79 Å². The number of carbonyl (C=O) groups is 1. The molecule has 5 heteroatoms. The average molecular weight is 378 g/mol. The van der Waals surface area contributed by atoms with E-state index < -0.39 is 12.0 Å². The van der Waals surface area contributed by atoms with Crippen LogP contribution in [0.2, 0.25) is 10.0 Å². The van der Waals surface area contributed by atoms with E-state index in [1.54, 1.807) is 6.07 Å². The van der Waals surface area contributed by atoms with Gasteiger partial charge in [0.05, 0.1) is 16.1 Å². The van der Waals surface area contributed by atoms with E-state index in [9.17, 15) is 9.90 Å². The Morgan fingerprint density at radius 1 is 1.16 bits per heavy atom. The van der Waals surface area contributed by atoms with Gasteiger partial charge in [0.25, 0.3) is 0 Å². The van der Waals surface area contributed by atoms with Crippen LogP contribution in [0.4, 0.5) is 0 Å². The third-order valence-electron chi connectivity index (χ3n) is 4.83. The maximum Gasteiger partial charge on any atom is 0.320 e. The van der Waals surface area contributed by atoms with E-state index in [1.807, 2.05) is 48.2 Å². The van der Waals surface area contributed by atoms with Crippen LogP contribution in [0, 0.1) is 6.92 Å². The molecular formula is C20H21Cl2NO2. The summed E-state index contributed by atoms with van der Waals surface area (Å²) in [6.07, 6.45) is 2.55. The molecule has 0 aromatic heterocycles. The Hall–Kier alpha value is -1.55. The average Bonchev–Trinajstić information content (AvgIpc) is 2.61. The van der Waals surface area contributed by atoms with E-state index in [2.05, 4.69) is 0 Å². The third kappa shape index (κ3) is 3.84. The second-order valence-corrected chi connectivity index (χ2v) is 7.33. The van der Waals surface area contributed by atoms with E-state index in [1.165, 1.54) is 0 Å². The van der Waals surface area contributed by atoms with Gasteiger partial charge < -0.3 is 5.11 Å². The second kappa shape index (κ2) is 7.77. The molecule has 1 aliphatic heterocycles. The Morgan fingerprint density at radius 3 is 2.56 bits per heavy atom. The first-order chi connectivity index (χ1) is 12.0. The molecule has 0 amide bonds. The zero-order valence-electron chi connectivity index (χ0n) is 14.1. The van der Waals surface area contributed by atoms with Crippen molar-refractivity contribution in [3.05, 3.63) is 69.2 Å². The fraction of sp³-hybridized carbons (Fsp3) is 0.350. The SMILES string of the molecule is Cc1ccc(C(c2cccc(Cl)c2Cl)N2CCCCC2C(=O)O)cc1. The number of hydrogen-bond donors (Lipinski definition) is 1. The smallest absolute Gasteiger partial charge is 0.320 e. The summed E-state index contributed by atoms with van der Waals surface area (Å²) in [4.78, 5) is 13.9. The van der Waals surface area contributed by atoms with Crippen LogP contribution in [0.1, 0.15) is 42.0 Å². The topological polar surface area (TPSA) is 40.5 Å². The first-order valence-electron chi connectivity index (χ1n) is 8.48. The summed E-state index contributed by atoms with van der Waals surface area (Å²) in [6, 6.07) is 13.0. The molecule has 0 radical (unpaired) electrons. The van der Waals surface area contributed by atoms with Gasteiger partial charge in [-0.15, -0.1) is 0 Å². The molecule has 3 nitrogen and oxygen atoms in total. The number of carboxylic acid groups (broad SMARTS) is 1. The third-order valence-corrected chi connectivity index (χ3v) is 5.66. The van der Waals surface area contributed by atoms with Crippen LogP contribution >= 0.6 is 23.2 Å². The number of likely N-dealkylation sites (tertiary alicyclic amines) is 1. The van der Waals surface area contributed by atoms with Gasteiger partial charge in [0.15, 0.2) is 0 Å². The highest BCUT2D eigenvalue weighted by atomic mass is 35.5. The summed E-state index contributed by atoms with van der Waals surface area (Å²) >= 11 is 12.8. The number of aryl methyl sites for hydroxylation is 1. The second-order valence-electron chi connectivity index (χ2n) is 6.54. The van der Waals surface area contributed by atoms with Gasteiger partial charge in [0, 0.05) is 0 Å². The number of nitrogens with zero attached hydrogens (tertiary/aromatic N) is 1. The molecule has 1 heterocycles. The van der Waals surface area contributed by atoms with Crippen molar-refractivity contribution in [2.45, 2.75) is 38.3 Å². The molecule has 132 valence electrons. The standard InChI is InChI=1S/C20H21Cl2NO2/c1-13-8-10-14(11-9-13)19(15-5-4-6-16(21)18(15)22)23-12-3-2-7-17(23)20(24)25/h4-6,8-11,17,19H,2-3,7,12H2,1H3,(H,24,25). The Kier molecular flexibility index (Phi) is 5.67.